The lowest BCUT2D eigenvalue weighted by Gasteiger charge is -2.15. The van der Waals surface area contributed by atoms with Crippen molar-refractivity contribution in [2.45, 2.75) is 13.8 Å². The van der Waals surface area contributed by atoms with E-state index in [1.807, 2.05) is 0 Å². The molecular formula is C51H36N2O. The van der Waals surface area contributed by atoms with E-state index in [0.29, 0.717) is 5.89 Å². The number of aromatic nitrogens is 2. The van der Waals surface area contributed by atoms with E-state index in [1.54, 1.807) is 0 Å². The molecule has 0 radical (unpaired) electrons. The van der Waals surface area contributed by atoms with Gasteiger partial charge in [-0.25, -0.2) is 4.98 Å². The van der Waals surface area contributed by atoms with Crippen LogP contribution < -0.4 is 0 Å². The summed E-state index contributed by atoms with van der Waals surface area (Å²) in [5.41, 5.74) is 18.1. The summed E-state index contributed by atoms with van der Waals surface area (Å²) in [6.45, 7) is 4.28. The van der Waals surface area contributed by atoms with Crippen LogP contribution in [-0.2, 0) is 0 Å². The molecule has 54 heavy (non-hydrogen) atoms. The van der Waals surface area contributed by atoms with E-state index >= 15 is 0 Å². The highest BCUT2D eigenvalue weighted by atomic mass is 16.3. The van der Waals surface area contributed by atoms with Gasteiger partial charge in [-0.2, -0.15) is 0 Å². The molecule has 10 aromatic rings. The molecule has 0 spiro atoms. The first-order chi connectivity index (χ1) is 26.6. The summed E-state index contributed by atoms with van der Waals surface area (Å²) < 4.78 is 8.71. The fourth-order valence-electron chi connectivity index (χ4n) is 8.08. The highest BCUT2D eigenvalue weighted by Crippen LogP contribution is 2.40. The van der Waals surface area contributed by atoms with Gasteiger partial charge in [0.25, 0.3) is 0 Å². The lowest BCUT2D eigenvalue weighted by atomic mass is 9.89. The second-order valence-electron chi connectivity index (χ2n) is 14.1. The minimum Gasteiger partial charge on any atom is -0.436 e. The maximum absolute atomic E-state index is 6.34. The van der Waals surface area contributed by atoms with Gasteiger partial charge in [0, 0.05) is 22.0 Å². The van der Waals surface area contributed by atoms with E-state index in [-0.39, 0.29) is 0 Å². The quantitative estimate of drug-likeness (QED) is 0.174. The highest BCUT2D eigenvalue weighted by molar-refractivity contribution is 6.09. The van der Waals surface area contributed by atoms with E-state index < -0.39 is 0 Å². The third kappa shape index (κ3) is 5.41. The number of aryl methyl sites for hydroxylation is 2. The SMILES string of the molecule is Cc1ccc(-c2ccc3nc(-c4ccc(-c5ccccc5-c5ccccc5-c5ccc(-n6c7ccccc7c7ccccc76)cc5)cc4)oc3c2)c(C)c1. The molecular weight excluding hydrogens is 657 g/mol. The van der Waals surface area contributed by atoms with Crippen molar-refractivity contribution >= 4 is 32.9 Å². The zero-order valence-corrected chi connectivity index (χ0v) is 30.1. The molecule has 3 nitrogen and oxygen atoms in total. The molecule has 8 aromatic carbocycles. The molecule has 0 fully saturated rings. The lowest BCUT2D eigenvalue weighted by Crippen LogP contribution is -1.94. The molecule has 0 saturated heterocycles. The third-order valence-corrected chi connectivity index (χ3v) is 10.7. The molecule has 256 valence electrons. The number of fused-ring (bicyclic) bond motifs is 4. The van der Waals surface area contributed by atoms with Crippen molar-refractivity contribution in [1.29, 1.82) is 0 Å². The molecule has 0 amide bonds. The topological polar surface area (TPSA) is 31.0 Å². The van der Waals surface area contributed by atoms with Crippen LogP contribution in [0.4, 0.5) is 0 Å². The molecule has 0 unspecified atom stereocenters. The van der Waals surface area contributed by atoms with Gasteiger partial charge in [0.05, 0.1) is 11.0 Å². The minimum absolute atomic E-state index is 0.623. The first-order valence-electron chi connectivity index (χ1n) is 18.5. The Kier molecular flexibility index (Phi) is 7.59. The molecule has 0 aliphatic heterocycles. The number of para-hydroxylation sites is 2. The largest absolute Gasteiger partial charge is 0.436 e. The van der Waals surface area contributed by atoms with Crippen LogP contribution in [0.1, 0.15) is 11.1 Å². The molecule has 2 heterocycles. The van der Waals surface area contributed by atoms with Crippen LogP contribution in [-0.4, -0.2) is 9.55 Å². The Bertz CT molecular complexity index is 2950. The van der Waals surface area contributed by atoms with E-state index in [0.717, 1.165) is 33.5 Å². The first-order valence-corrected chi connectivity index (χ1v) is 18.5. The average Bonchev–Trinajstić information content (AvgIpc) is 3.80. The van der Waals surface area contributed by atoms with Gasteiger partial charge >= 0.3 is 0 Å². The predicted octanol–water partition coefficient (Wildman–Crippen LogP) is 13.9. The molecule has 0 N–H and O–H groups in total. The van der Waals surface area contributed by atoms with Crippen molar-refractivity contribution in [3.05, 3.63) is 193 Å². The maximum atomic E-state index is 6.34. The van der Waals surface area contributed by atoms with Gasteiger partial charge in [-0.1, -0.05) is 139 Å². The normalized spacial score (nSPS) is 11.5. The average molecular weight is 693 g/mol. The molecule has 10 rings (SSSR count). The summed E-state index contributed by atoms with van der Waals surface area (Å²) in [4.78, 5) is 4.85. The van der Waals surface area contributed by atoms with E-state index in [9.17, 15) is 0 Å². The van der Waals surface area contributed by atoms with E-state index in [2.05, 4.69) is 200 Å². The fourth-order valence-corrected chi connectivity index (χ4v) is 8.08. The third-order valence-electron chi connectivity index (χ3n) is 10.7. The monoisotopic (exact) mass is 692 g/mol. The minimum atomic E-state index is 0.623. The summed E-state index contributed by atoms with van der Waals surface area (Å²) in [5.74, 6) is 0.623. The Morgan fingerprint density at radius 1 is 0.426 bits per heavy atom. The molecule has 0 aliphatic rings. The number of rotatable bonds is 6. The van der Waals surface area contributed by atoms with Gasteiger partial charge in [-0.3, -0.25) is 0 Å². The van der Waals surface area contributed by atoms with Gasteiger partial charge < -0.3 is 8.98 Å². The fraction of sp³-hybridized carbons (Fsp3) is 0.0392. The van der Waals surface area contributed by atoms with Crippen molar-refractivity contribution in [2.75, 3.05) is 0 Å². The Hall–Kier alpha value is -6.97. The van der Waals surface area contributed by atoms with Crippen LogP contribution in [0.25, 0.3) is 94.6 Å². The van der Waals surface area contributed by atoms with Crippen LogP contribution in [0.3, 0.4) is 0 Å². The molecule has 2 aromatic heterocycles. The van der Waals surface area contributed by atoms with Crippen LogP contribution in [0, 0.1) is 13.8 Å². The van der Waals surface area contributed by atoms with Gasteiger partial charge in [-0.05, 0) is 112 Å². The number of hydrogen-bond donors (Lipinski definition) is 0. The smallest absolute Gasteiger partial charge is 0.227 e. The van der Waals surface area contributed by atoms with Gasteiger partial charge in [-0.15, -0.1) is 0 Å². The Morgan fingerprint density at radius 3 is 1.56 bits per heavy atom. The summed E-state index contributed by atoms with van der Waals surface area (Å²) in [6.07, 6.45) is 0. The number of hydrogen-bond acceptors (Lipinski definition) is 2. The molecule has 0 saturated carbocycles. The number of oxazole rings is 1. The zero-order chi connectivity index (χ0) is 36.2. The molecule has 0 atom stereocenters. The number of benzene rings is 8. The van der Waals surface area contributed by atoms with Crippen molar-refractivity contribution in [2.24, 2.45) is 0 Å². The van der Waals surface area contributed by atoms with Crippen LogP contribution >= 0.6 is 0 Å². The van der Waals surface area contributed by atoms with Crippen molar-refractivity contribution < 1.29 is 4.42 Å². The standard InChI is InChI=1S/C51H36N2O/c1-33-19-29-40(34(2)31-33)38-26-30-47-50(32-38)54-51(52-47)37-22-20-35(21-23-37)41-11-3-5-13-43(41)44-14-6-4-12-42(44)36-24-27-39(28-25-36)53-48-17-9-7-15-45(48)46-16-8-10-18-49(46)53/h3-32H,1-2H3. The summed E-state index contributed by atoms with van der Waals surface area (Å²) in [7, 11) is 0. The van der Waals surface area contributed by atoms with Crippen LogP contribution in [0.15, 0.2) is 186 Å². The Morgan fingerprint density at radius 2 is 0.944 bits per heavy atom. The summed E-state index contributed by atoms with van der Waals surface area (Å²) in [5, 5.41) is 2.53. The van der Waals surface area contributed by atoms with Crippen LogP contribution in [0.5, 0.6) is 0 Å². The van der Waals surface area contributed by atoms with Crippen molar-refractivity contribution in [1.82, 2.24) is 9.55 Å². The highest BCUT2D eigenvalue weighted by Gasteiger charge is 2.16. The second kappa shape index (κ2) is 12.9. The predicted molar refractivity (Wildman–Crippen MR) is 225 cm³/mol. The van der Waals surface area contributed by atoms with E-state index in [1.165, 1.54) is 66.3 Å². The lowest BCUT2D eigenvalue weighted by molar-refractivity contribution is 0.620. The second-order valence-corrected chi connectivity index (χ2v) is 14.1. The zero-order valence-electron chi connectivity index (χ0n) is 30.1. The van der Waals surface area contributed by atoms with Crippen molar-refractivity contribution in [3.63, 3.8) is 0 Å². The molecule has 0 aliphatic carbocycles. The molecule has 3 heteroatoms. The van der Waals surface area contributed by atoms with Crippen molar-refractivity contribution in [3.8, 4) is 61.6 Å². The first kappa shape index (κ1) is 31.7. The van der Waals surface area contributed by atoms with Gasteiger partial charge in [0.1, 0.15) is 5.52 Å². The van der Waals surface area contributed by atoms with E-state index in [4.69, 9.17) is 9.40 Å². The summed E-state index contributed by atoms with van der Waals surface area (Å²) >= 11 is 0. The van der Waals surface area contributed by atoms with Gasteiger partial charge in [0.15, 0.2) is 5.58 Å². The van der Waals surface area contributed by atoms with Gasteiger partial charge in [0.2, 0.25) is 5.89 Å². The van der Waals surface area contributed by atoms with Crippen LogP contribution in [0.2, 0.25) is 0 Å². The maximum Gasteiger partial charge on any atom is 0.227 e. The molecule has 0 bridgehead atoms. The summed E-state index contributed by atoms with van der Waals surface area (Å²) in [6, 6.07) is 65.1. The number of nitrogens with zero attached hydrogens (tertiary/aromatic N) is 2. The Balaban J connectivity index is 0.974. The Labute approximate surface area is 314 Å².